The van der Waals surface area contributed by atoms with Crippen molar-refractivity contribution in [1.82, 2.24) is 14.5 Å². The van der Waals surface area contributed by atoms with Gasteiger partial charge in [-0.2, -0.15) is 13.2 Å². The molecule has 4 aromatic rings. The number of benzene rings is 2. The van der Waals surface area contributed by atoms with Crippen LogP contribution in [0.1, 0.15) is 18.1 Å². The first kappa shape index (κ1) is 22.1. The number of fused-ring (bicyclic) bond motifs is 1. The molecule has 2 atom stereocenters. The molecule has 0 bridgehead atoms. The second kappa shape index (κ2) is 8.44. The molecule has 0 unspecified atom stereocenters. The fourth-order valence-corrected chi connectivity index (χ4v) is 4.34. The fraction of sp³-hybridized carbons (Fsp3) is 0.273. The summed E-state index contributed by atoms with van der Waals surface area (Å²) in [7, 11) is 1.71. The number of anilines is 1. The van der Waals surface area contributed by atoms with Gasteiger partial charge < -0.3 is 16.0 Å². The summed E-state index contributed by atoms with van der Waals surface area (Å²) in [6.07, 6.45) is -2.16. The van der Waals surface area contributed by atoms with Crippen molar-refractivity contribution in [3.05, 3.63) is 70.3 Å². The van der Waals surface area contributed by atoms with Gasteiger partial charge in [0.15, 0.2) is 5.13 Å². The molecule has 0 saturated heterocycles. The van der Waals surface area contributed by atoms with E-state index in [1.165, 1.54) is 23.5 Å². The van der Waals surface area contributed by atoms with Crippen molar-refractivity contribution < 1.29 is 13.2 Å². The number of H-pyrrole nitrogens is 1. The van der Waals surface area contributed by atoms with Crippen LogP contribution in [0.25, 0.3) is 21.5 Å². The van der Waals surface area contributed by atoms with E-state index in [4.69, 9.17) is 5.73 Å². The number of aromatic amines is 1. The minimum absolute atomic E-state index is 0.149. The van der Waals surface area contributed by atoms with Crippen molar-refractivity contribution in [2.24, 2.45) is 12.8 Å². The second-order valence-corrected chi connectivity index (χ2v) is 8.78. The zero-order chi connectivity index (χ0) is 23.0. The van der Waals surface area contributed by atoms with Crippen LogP contribution in [-0.2, 0) is 19.6 Å². The number of halogens is 3. The first-order valence-corrected chi connectivity index (χ1v) is 10.8. The number of nitrogens with one attached hydrogen (secondary N) is 2. The summed E-state index contributed by atoms with van der Waals surface area (Å²) < 4.78 is 39.7. The highest BCUT2D eigenvalue weighted by molar-refractivity contribution is 7.18. The van der Waals surface area contributed by atoms with Crippen LogP contribution >= 0.6 is 11.3 Å². The third-order valence-electron chi connectivity index (χ3n) is 5.44. The van der Waals surface area contributed by atoms with Crippen LogP contribution in [0.5, 0.6) is 0 Å². The summed E-state index contributed by atoms with van der Waals surface area (Å²) in [5.41, 5.74) is 8.70. The van der Waals surface area contributed by atoms with E-state index in [-0.39, 0.29) is 17.8 Å². The number of alkyl halides is 3. The summed E-state index contributed by atoms with van der Waals surface area (Å²) in [6.45, 7) is 1.91. The third kappa shape index (κ3) is 4.56. The summed E-state index contributed by atoms with van der Waals surface area (Å²) in [4.78, 5) is 19.9. The highest BCUT2D eigenvalue weighted by Crippen LogP contribution is 2.31. The van der Waals surface area contributed by atoms with Crippen LogP contribution in [0.2, 0.25) is 0 Å². The highest BCUT2D eigenvalue weighted by atomic mass is 32.1. The van der Waals surface area contributed by atoms with E-state index < -0.39 is 11.7 Å². The van der Waals surface area contributed by atoms with E-state index in [2.05, 4.69) is 15.3 Å². The normalized spacial score (nSPS) is 13.9. The van der Waals surface area contributed by atoms with Crippen molar-refractivity contribution in [1.29, 1.82) is 0 Å². The Kier molecular flexibility index (Phi) is 5.83. The van der Waals surface area contributed by atoms with Crippen molar-refractivity contribution in [2.45, 2.75) is 31.6 Å². The molecule has 0 amide bonds. The fourth-order valence-electron chi connectivity index (χ4n) is 3.43. The molecule has 0 fully saturated rings. The number of nitrogens with zero attached hydrogens (tertiary/aromatic N) is 2. The maximum atomic E-state index is 12.7. The molecular weight excluding hydrogens is 439 g/mol. The first-order chi connectivity index (χ1) is 15.1. The Bertz CT molecular complexity index is 1290. The zero-order valence-corrected chi connectivity index (χ0v) is 18.2. The summed E-state index contributed by atoms with van der Waals surface area (Å²) in [5.74, 6) is 0. The van der Waals surface area contributed by atoms with E-state index in [1.807, 2.05) is 25.1 Å². The van der Waals surface area contributed by atoms with Gasteiger partial charge >= 0.3 is 11.9 Å². The molecule has 10 heteroatoms. The monoisotopic (exact) mass is 461 g/mol. The third-order valence-corrected chi connectivity index (χ3v) is 6.42. The van der Waals surface area contributed by atoms with Crippen molar-refractivity contribution in [3.63, 3.8) is 0 Å². The number of hydrogen-bond donors (Lipinski definition) is 3. The van der Waals surface area contributed by atoms with Crippen LogP contribution < -0.4 is 16.7 Å². The van der Waals surface area contributed by atoms with Gasteiger partial charge in [0.1, 0.15) is 0 Å². The molecule has 4 rings (SSSR count). The molecule has 0 aliphatic rings. The Morgan fingerprint density at radius 3 is 2.62 bits per heavy atom. The van der Waals surface area contributed by atoms with Crippen molar-refractivity contribution in [2.75, 3.05) is 5.32 Å². The minimum atomic E-state index is -4.35. The van der Waals surface area contributed by atoms with E-state index in [9.17, 15) is 18.0 Å². The zero-order valence-electron chi connectivity index (χ0n) is 17.4. The van der Waals surface area contributed by atoms with Crippen LogP contribution in [0.4, 0.5) is 18.3 Å². The van der Waals surface area contributed by atoms with Crippen molar-refractivity contribution >= 4 is 27.5 Å². The molecule has 168 valence electrons. The quantitative estimate of drug-likeness (QED) is 0.398. The van der Waals surface area contributed by atoms with Gasteiger partial charge in [-0.3, -0.25) is 4.57 Å². The number of hydrogen-bond acceptors (Lipinski definition) is 5. The van der Waals surface area contributed by atoms with Crippen LogP contribution in [0.15, 0.2) is 53.5 Å². The standard InChI is InChI=1S/C22H22F3N5OS/c1-12(16(26)9-13-3-6-15(7-4-13)22(23,24)25)28-20-27-11-19(32-20)14-5-8-17-18(10-14)30(2)21(31)29-17/h3-8,10-12,16H,9,26H2,1-2H3,(H,27,28)(H,29,31)/t12-,16-/m0/s1. The number of thiazole rings is 1. The lowest BCUT2D eigenvalue weighted by molar-refractivity contribution is -0.137. The number of aromatic nitrogens is 3. The average Bonchev–Trinajstić information content (AvgIpc) is 3.32. The highest BCUT2D eigenvalue weighted by Gasteiger charge is 2.30. The Balaban J connectivity index is 1.42. The SMILES string of the molecule is C[C@H](Nc1ncc(-c2ccc3[nH]c(=O)n(C)c3c2)s1)[C@@H](N)Cc1ccc(C(F)(F)F)cc1. The Morgan fingerprint density at radius 1 is 1.22 bits per heavy atom. The maximum Gasteiger partial charge on any atom is 0.416 e. The molecule has 0 aliphatic heterocycles. The molecule has 0 spiro atoms. The molecule has 2 heterocycles. The topological polar surface area (TPSA) is 88.7 Å². The number of rotatable bonds is 6. The molecule has 32 heavy (non-hydrogen) atoms. The predicted molar refractivity (Wildman–Crippen MR) is 121 cm³/mol. The largest absolute Gasteiger partial charge is 0.416 e. The summed E-state index contributed by atoms with van der Waals surface area (Å²) in [6, 6.07) is 10.3. The molecule has 2 aromatic carbocycles. The van der Waals surface area contributed by atoms with Gasteiger partial charge in [0.2, 0.25) is 0 Å². The van der Waals surface area contributed by atoms with Gasteiger partial charge in [-0.1, -0.05) is 29.5 Å². The molecule has 0 aliphatic carbocycles. The van der Waals surface area contributed by atoms with Crippen molar-refractivity contribution in [3.8, 4) is 10.4 Å². The molecule has 2 aromatic heterocycles. The van der Waals surface area contributed by atoms with Gasteiger partial charge in [0.05, 0.1) is 21.5 Å². The molecule has 0 radical (unpaired) electrons. The lowest BCUT2D eigenvalue weighted by Gasteiger charge is -2.21. The number of imidazole rings is 1. The summed E-state index contributed by atoms with van der Waals surface area (Å²) in [5, 5.41) is 3.97. The minimum Gasteiger partial charge on any atom is -0.357 e. The second-order valence-electron chi connectivity index (χ2n) is 7.75. The van der Waals surface area contributed by atoms with Gasteiger partial charge in [0, 0.05) is 25.3 Å². The maximum absolute atomic E-state index is 12.7. The lowest BCUT2D eigenvalue weighted by atomic mass is 10.0. The van der Waals surface area contributed by atoms with E-state index >= 15 is 0 Å². The van der Waals surface area contributed by atoms with Gasteiger partial charge in [0.25, 0.3) is 0 Å². The van der Waals surface area contributed by atoms with E-state index in [0.717, 1.165) is 39.2 Å². The molecule has 4 N–H and O–H groups in total. The van der Waals surface area contributed by atoms with E-state index in [0.29, 0.717) is 11.6 Å². The molecular formula is C22H22F3N5OS. The van der Waals surface area contributed by atoms with Crippen LogP contribution in [0, 0.1) is 0 Å². The van der Waals surface area contributed by atoms with Crippen LogP contribution in [0.3, 0.4) is 0 Å². The van der Waals surface area contributed by atoms with Gasteiger partial charge in [-0.05, 0) is 48.7 Å². The van der Waals surface area contributed by atoms with E-state index in [1.54, 1.807) is 17.8 Å². The average molecular weight is 462 g/mol. The first-order valence-electron chi connectivity index (χ1n) is 9.95. The van der Waals surface area contributed by atoms with Gasteiger partial charge in [-0.25, -0.2) is 9.78 Å². The number of nitrogens with two attached hydrogens (primary N) is 1. The predicted octanol–water partition coefficient (Wildman–Crippen LogP) is 4.38. The van der Waals surface area contributed by atoms with Crippen LogP contribution in [-0.4, -0.2) is 26.6 Å². The smallest absolute Gasteiger partial charge is 0.357 e. The lowest BCUT2D eigenvalue weighted by Crippen LogP contribution is -2.39. The Labute approximate surface area is 185 Å². The molecule has 6 nitrogen and oxygen atoms in total. The Morgan fingerprint density at radius 2 is 1.94 bits per heavy atom. The van der Waals surface area contributed by atoms with Gasteiger partial charge in [-0.15, -0.1) is 0 Å². The molecule has 0 saturated carbocycles. The summed E-state index contributed by atoms with van der Waals surface area (Å²) >= 11 is 1.46. The number of aryl methyl sites for hydroxylation is 1. The Hall–Kier alpha value is -3.11.